The van der Waals surface area contributed by atoms with Crippen molar-refractivity contribution >= 4 is 23.4 Å². The van der Waals surface area contributed by atoms with Crippen LogP contribution in [-0.2, 0) is 14.4 Å². The van der Waals surface area contributed by atoms with E-state index in [9.17, 15) is 14.4 Å². The summed E-state index contributed by atoms with van der Waals surface area (Å²) in [6.45, 7) is 5.94. The molecule has 164 valence electrons. The molecule has 2 aliphatic rings. The van der Waals surface area contributed by atoms with Gasteiger partial charge in [0.15, 0.2) is 0 Å². The third kappa shape index (κ3) is 5.32. The van der Waals surface area contributed by atoms with Gasteiger partial charge in [-0.2, -0.15) is 0 Å². The molecule has 7 nitrogen and oxygen atoms in total. The molecule has 2 atom stereocenters. The summed E-state index contributed by atoms with van der Waals surface area (Å²) in [5.74, 6) is 0.257. The first-order chi connectivity index (χ1) is 14.4. The van der Waals surface area contributed by atoms with E-state index in [1.54, 1.807) is 24.1 Å². The molecule has 2 unspecified atom stereocenters. The molecule has 2 saturated heterocycles. The van der Waals surface area contributed by atoms with Crippen molar-refractivity contribution in [3.8, 4) is 5.75 Å². The Hall–Kier alpha value is -2.57. The van der Waals surface area contributed by atoms with E-state index in [0.717, 1.165) is 38.0 Å². The lowest BCUT2D eigenvalue weighted by Gasteiger charge is -2.31. The van der Waals surface area contributed by atoms with Gasteiger partial charge in [0.05, 0.1) is 13.0 Å². The molecule has 0 bridgehead atoms. The molecule has 1 aromatic carbocycles. The highest BCUT2D eigenvalue weighted by Crippen LogP contribution is 2.27. The Bertz CT molecular complexity index is 756. The van der Waals surface area contributed by atoms with E-state index < -0.39 is 12.0 Å². The zero-order valence-corrected chi connectivity index (χ0v) is 18.2. The molecule has 0 radical (unpaired) electrons. The Morgan fingerprint density at radius 2 is 1.80 bits per heavy atom. The van der Waals surface area contributed by atoms with Crippen molar-refractivity contribution in [1.29, 1.82) is 0 Å². The maximum Gasteiger partial charge on any atom is 0.245 e. The van der Waals surface area contributed by atoms with Crippen LogP contribution in [0.3, 0.4) is 0 Å². The fraction of sp³-hybridized carbons (Fsp3) is 0.609. The number of hydrogen-bond acceptors (Lipinski definition) is 4. The van der Waals surface area contributed by atoms with E-state index in [1.165, 1.54) is 0 Å². The number of carbonyl (C=O) groups is 3. The van der Waals surface area contributed by atoms with Crippen LogP contribution in [0.5, 0.6) is 5.75 Å². The van der Waals surface area contributed by atoms with Gasteiger partial charge >= 0.3 is 0 Å². The topological polar surface area (TPSA) is 79.0 Å². The van der Waals surface area contributed by atoms with Crippen LogP contribution in [0.2, 0.25) is 0 Å². The molecule has 2 fully saturated rings. The first-order valence-electron chi connectivity index (χ1n) is 10.9. The molecule has 1 aromatic rings. The van der Waals surface area contributed by atoms with Crippen molar-refractivity contribution in [2.45, 2.75) is 52.0 Å². The van der Waals surface area contributed by atoms with Crippen molar-refractivity contribution in [2.24, 2.45) is 11.8 Å². The van der Waals surface area contributed by atoms with Crippen LogP contribution in [-0.4, -0.2) is 55.4 Å². The number of hydrogen-bond donors (Lipinski definition) is 1. The highest BCUT2D eigenvalue weighted by atomic mass is 16.5. The Labute approximate surface area is 178 Å². The van der Waals surface area contributed by atoms with Gasteiger partial charge in [0.2, 0.25) is 17.7 Å². The number of likely N-dealkylation sites (tertiary alicyclic amines) is 1. The lowest BCUT2D eigenvalue weighted by Crippen LogP contribution is -2.51. The largest absolute Gasteiger partial charge is 0.497 e. The van der Waals surface area contributed by atoms with Crippen molar-refractivity contribution in [3.05, 3.63) is 24.3 Å². The maximum absolute atomic E-state index is 13.0. The number of benzene rings is 1. The summed E-state index contributed by atoms with van der Waals surface area (Å²) >= 11 is 0. The van der Waals surface area contributed by atoms with Crippen molar-refractivity contribution in [1.82, 2.24) is 10.2 Å². The molecule has 1 N–H and O–H groups in total. The Kier molecular flexibility index (Phi) is 7.34. The Balaban J connectivity index is 1.64. The van der Waals surface area contributed by atoms with E-state index >= 15 is 0 Å². The lowest BCUT2D eigenvalue weighted by molar-refractivity contribution is -0.138. The van der Waals surface area contributed by atoms with Gasteiger partial charge in [0.1, 0.15) is 11.8 Å². The summed E-state index contributed by atoms with van der Waals surface area (Å²) in [6.07, 6.45) is 3.94. The Morgan fingerprint density at radius 3 is 2.40 bits per heavy atom. The number of anilines is 1. The molecule has 0 aliphatic carbocycles. The summed E-state index contributed by atoms with van der Waals surface area (Å²) < 4.78 is 5.16. The number of rotatable bonds is 7. The first kappa shape index (κ1) is 22.1. The van der Waals surface area contributed by atoms with E-state index in [0.29, 0.717) is 18.7 Å². The number of methoxy groups -OCH3 is 1. The summed E-state index contributed by atoms with van der Waals surface area (Å²) in [5.41, 5.74) is 0.749. The molecule has 0 spiro atoms. The van der Waals surface area contributed by atoms with Gasteiger partial charge < -0.3 is 19.9 Å². The zero-order chi connectivity index (χ0) is 21.7. The monoisotopic (exact) mass is 415 g/mol. The average molecular weight is 416 g/mol. The second-order valence-electron chi connectivity index (χ2n) is 8.68. The smallest absolute Gasteiger partial charge is 0.245 e. The van der Waals surface area contributed by atoms with E-state index in [1.807, 2.05) is 30.9 Å². The van der Waals surface area contributed by atoms with Crippen LogP contribution >= 0.6 is 0 Å². The number of nitrogens with zero attached hydrogens (tertiary/aromatic N) is 2. The predicted octanol–water partition coefficient (Wildman–Crippen LogP) is 2.59. The second-order valence-corrected chi connectivity index (χ2v) is 8.68. The van der Waals surface area contributed by atoms with Gasteiger partial charge in [-0.1, -0.05) is 13.8 Å². The van der Waals surface area contributed by atoms with Crippen molar-refractivity contribution < 1.29 is 19.1 Å². The third-order valence-corrected chi connectivity index (χ3v) is 5.87. The lowest BCUT2D eigenvalue weighted by atomic mass is 9.99. The number of carbonyl (C=O) groups excluding carboxylic acids is 3. The van der Waals surface area contributed by atoms with E-state index in [2.05, 4.69) is 5.32 Å². The standard InChI is InChI=1S/C23H33N3O4/c1-16(2)13-20(23(29)25-11-5-4-6-12-25)24-22(28)17-14-21(27)26(15-17)18-7-9-19(30-3)10-8-18/h7-10,16-17,20H,4-6,11-15H2,1-3H3,(H,24,28). The highest BCUT2D eigenvalue weighted by molar-refractivity contribution is 6.01. The molecule has 30 heavy (non-hydrogen) atoms. The predicted molar refractivity (Wildman–Crippen MR) is 115 cm³/mol. The average Bonchev–Trinajstić information content (AvgIpc) is 3.15. The third-order valence-electron chi connectivity index (χ3n) is 5.87. The minimum Gasteiger partial charge on any atom is -0.497 e. The van der Waals surface area contributed by atoms with Gasteiger partial charge in [0.25, 0.3) is 0 Å². The van der Waals surface area contributed by atoms with Gasteiger partial charge in [0, 0.05) is 31.7 Å². The maximum atomic E-state index is 13.0. The molecular formula is C23H33N3O4. The van der Waals surface area contributed by atoms with E-state index in [-0.39, 0.29) is 30.1 Å². The fourth-order valence-corrected chi connectivity index (χ4v) is 4.21. The summed E-state index contributed by atoms with van der Waals surface area (Å²) in [7, 11) is 1.59. The van der Waals surface area contributed by atoms with Gasteiger partial charge in [-0.15, -0.1) is 0 Å². The van der Waals surface area contributed by atoms with Gasteiger partial charge in [-0.3, -0.25) is 14.4 Å². The van der Waals surface area contributed by atoms with Crippen molar-refractivity contribution in [2.75, 3.05) is 31.6 Å². The Morgan fingerprint density at radius 1 is 1.13 bits per heavy atom. The summed E-state index contributed by atoms with van der Waals surface area (Å²) in [4.78, 5) is 42.0. The fourth-order valence-electron chi connectivity index (χ4n) is 4.21. The minimum absolute atomic E-state index is 0.00749. The van der Waals surface area contributed by atoms with Gasteiger partial charge in [-0.05, 0) is 55.9 Å². The molecule has 0 saturated carbocycles. The van der Waals surface area contributed by atoms with Crippen LogP contribution in [0, 0.1) is 11.8 Å². The second kappa shape index (κ2) is 9.96. The number of nitrogens with one attached hydrogen (secondary N) is 1. The molecule has 0 aromatic heterocycles. The number of amides is 3. The van der Waals surface area contributed by atoms with Crippen LogP contribution in [0.4, 0.5) is 5.69 Å². The van der Waals surface area contributed by atoms with Crippen LogP contribution in [0.15, 0.2) is 24.3 Å². The highest BCUT2D eigenvalue weighted by Gasteiger charge is 2.37. The normalized spacial score (nSPS) is 20.4. The van der Waals surface area contributed by atoms with Gasteiger partial charge in [-0.25, -0.2) is 0 Å². The molecule has 3 rings (SSSR count). The van der Waals surface area contributed by atoms with Crippen molar-refractivity contribution in [3.63, 3.8) is 0 Å². The number of piperidine rings is 1. The summed E-state index contributed by atoms with van der Waals surface area (Å²) in [6, 6.07) is 6.70. The zero-order valence-electron chi connectivity index (χ0n) is 18.2. The van der Waals surface area contributed by atoms with Crippen LogP contribution in [0.1, 0.15) is 46.0 Å². The SMILES string of the molecule is COc1ccc(N2CC(C(=O)NC(CC(C)C)C(=O)N3CCCCC3)CC2=O)cc1. The quantitative estimate of drug-likeness (QED) is 0.742. The summed E-state index contributed by atoms with van der Waals surface area (Å²) in [5, 5.41) is 2.97. The van der Waals surface area contributed by atoms with E-state index in [4.69, 9.17) is 4.74 Å². The molecule has 7 heteroatoms. The molecule has 2 aliphatic heterocycles. The first-order valence-corrected chi connectivity index (χ1v) is 10.9. The molecule has 3 amide bonds. The number of ether oxygens (including phenoxy) is 1. The minimum atomic E-state index is -0.527. The molecular weight excluding hydrogens is 382 g/mol. The molecule has 2 heterocycles. The van der Waals surface area contributed by atoms with Crippen LogP contribution < -0.4 is 15.0 Å². The van der Waals surface area contributed by atoms with Crippen LogP contribution in [0.25, 0.3) is 0 Å².